The maximum Gasteiger partial charge on any atom is 0.174 e. The smallest absolute Gasteiger partial charge is 0.174 e. The lowest BCUT2D eigenvalue weighted by Crippen LogP contribution is -2.05. The summed E-state index contributed by atoms with van der Waals surface area (Å²) in [6.45, 7) is 1.31. The maximum absolute atomic E-state index is 9.77. The van der Waals surface area contributed by atoms with Crippen LogP contribution in [0.2, 0.25) is 0 Å². The second kappa shape index (κ2) is 9.27. The van der Waals surface area contributed by atoms with Crippen LogP contribution in [0.25, 0.3) is 11.6 Å². The molecule has 1 aromatic heterocycles. The summed E-state index contributed by atoms with van der Waals surface area (Å²) in [5.41, 5.74) is 2.43. The Balaban J connectivity index is 1.58. The first-order valence-corrected chi connectivity index (χ1v) is 10.2. The third-order valence-electron chi connectivity index (χ3n) is 5.21. The fourth-order valence-corrected chi connectivity index (χ4v) is 3.63. The molecular weight excluding hydrogens is 376 g/mol. The molecule has 6 nitrogen and oxygen atoms in total. The number of hydrogen-bond donors (Lipinski definition) is 0. The van der Waals surface area contributed by atoms with Gasteiger partial charge in [-0.25, -0.2) is 0 Å². The zero-order valence-corrected chi connectivity index (χ0v) is 17.0. The van der Waals surface area contributed by atoms with Crippen molar-refractivity contribution >= 4 is 11.6 Å². The molecule has 0 fully saturated rings. The van der Waals surface area contributed by atoms with Gasteiger partial charge in [0.05, 0.1) is 12.7 Å². The van der Waals surface area contributed by atoms with E-state index in [2.05, 4.69) is 20.8 Å². The molecule has 0 unspecified atom stereocenters. The van der Waals surface area contributed by atoms with Gasteiger partial charge < -0.3 is 14.0 Å². The van der Waals surface area contributed by atoms with Gasteiger partial charge in [-0.2, -0.15) is 5.26 Å². The third kappa shape index (κ3) is 4.36. The Hall–Kier alpha value is -3.59. The van der Waals surface area contributed by atoms with Crippen LogP contribution in [0.4, 0.5) is 0 Å². The van der Waals surface area contributed by atoms with Crippen molar-refractivity contribution in [2.75, 3.05) is 7.11 Å². The number of fused-ring (bicyclic) bond motifs is 1. The van der Waals surface area contributed by atoms with Crippen LogP contribution in [0, 0.1) is 11.3 Å². The molecule has 3 aromatic rings. The second-order valence-corrected chi connectivity index (χ2v) is 7.26. The molecule has 152 valence electrons. The quantitative estimate of drug-likeness (QED) is 0.563. The number of benzene rings is 2. The van der Waals surface area contributed by atoms with Gasteiger partial charge in [-0.05, 0) is 42.2 Å². The van der Waals surface area contributed by atoms with Gasteiger partial charge in [-0.1, -0.05) is 42.8 Å². The summed E-state index contributed by atoms with van der Waals surface area (Å²) in [5.74, 6) is 2.88. The van der Waals surface area contributed by atoms with Gasteiger partial charge in [-0.15, -0.1) is 10.2 Å². The molecule has 1 aliphatic heterocycles. The molecule has 1 aliphatic rings. The molecule has 4 rings (SSSR count). The molecule has 0 spiro atoms. The first-order chi connectivity index (χ1) is 14.8. The van der Waals surface area contributed by atoms with Crippen molar-refractivity contribution in [1.82, 2.24) is 14.8 Å². The predicted molar refractivity (Wildman–Crippen MR) is 115 cm³/mol. The van der Waals surface area contributed by atoms with Gasteiger partial charge in [0.15, 0.2) is 17.3 Å². The van der Waals surface area contributed by atoms with E-state index in [0.29, 0.717) is 29.5 Å². The van der Waals surface area contributed by atoms with Crippen molar-refractivity contribution in [2.24, 2.45) is 0 Å². The van der Waals surface area contributed by atoms with Crippen molar-refractivity contribution in [2.45, 2.75) is 38.8 Å². The summed E-state index contributed by atoms with van der Waals surface area (Å²) in [7, 11) is 1.61. The first kappa shape index (κ1) is 19.7. The molecule has 0 radical (unpaired) electrons. The van der Waals surface area contributed by atoms with Crippen LogP contribution in [-0.2, 0) is 19.6 Å². The summed E-state index contributed by atoms with van der Waals surface area (Å²) in [5, 5.41) is 18.4. The lowest BCUT2D eigenvalue weighted by atomic mass is 10.1. The molecule has 0 N–H and O–H groups in total. The van der Waals surface area contributed by atoms with E-state index in [1.165, 1.54) is 6.42 Å². The van der Waals surface area contributed by atoms with Crippen molar-refractivity contribution in [3.05, 3.63) is 71.3 Å². The van der Waals surface area contributed by atoms with Crippen LogP contribution >= 0.6 is 0 Å². The molecule has 0 aliphatic carbocycles. The van der Waals surface area contributed by atoms with Gasteiger partial charge in [0, 0.05) is 13.0 Å². The van der Waals surface area contributed by atoms with Crippen LogP contribution in [0.3, 0.4) is 0 Å². The van der Waals surface area contributed by atoms with E-state index >= 15 is 0 Å². The van der Waals surface area contributed by atoms with Gasteiger partial charge in [0.25, 0.3) is 0 Å². The maximum atomic E-state index is 9.77. The van der Waals surface area contributed by atoms with Gasteiger partial charge in [0.1, 0.15) is 18.5 Å². The van der Waals surface area contributed by atoms with E-state index < -0.39 is 0 Å². The van der Waals surface area contributed by atoms with E-state index in [0.717, 1.165) is 42.8 Å². The summed E-state index contributed by atoms with van der Waals surface area (Å²) in [6, 6.07) is 17.9. The minimum Gasteiger partial charge on any atom is -0.493 e. The Morgan fingerprint density at radius 3 is 2.77 bits per heavy atom. The number of allylic oxidation sites excluding steroid dienone is 1. The Kier molecular flexibility index (Phi) is 6.09. The number of aromatic nitrogens is 3. The van der Waals surface area contributed by atoms with Crippen LogP contribution in [0.15, 0.2) is 48.5 Å². The SMILES string of the molecule is COc1cc(/C=C(\C#N)c2nnc3n2CCCCC3)ccc1OCc1ccccc1. The first-order valence-electron chi connectivity index (χ1n) is 10.2. The number of rotatable bonds is 6. The molecular formula is C24H24N4O2. The molecule has 0 amide bonds. The van der Waals surface area contributed by atoms with Crippen LogP contribution < -0.4 is 9.47 Å². The van der Waals surface area contributed by atoms with E-state index in [1.807, 2.05) is 54.6 Å². The number of hydrogen-bond acceptors (Lipinski definition) is 5. The summed E-state index contributed by atoms with van der Waals surface area (Å²) in [6.07, 6.45) is 6.11. The highest BCUT2D eigenvalue weighted by Crippen LogP contribution is 2.30. The summed E-state index contributed by atoms with van der Waals surface area (Å²) in [4.78, 5) is 0. The van der Waals surface area contributed by atoms with Crippen molar-refractivity contribution in [1.29, 1.82) is 5.26 Å². The highest BCUT2D eigenvalue weighted by atomic mass is 16.5. The summed E-state index contributed by atoms with van der Waals surface area (Å²) >= 11 is 0. The number of methoxy groups -OCH3 is 1. The van der Waals surface area contributed by atoms with E-state index in [9.17, 15) is 5.26 Å². The number of nitrogens with zero attached hydrogens (tertiary/aromatic N) is 4. The zero-order valence-electron chi connectivity index (χ0n) is 17.0. The Morgan fingerprint density at radius 1 is 1.10 bits per heavy atom. The Labute approximate surface area is 176 Å². The molecule has 0 saturated heterocycles. The molecule has 0 bridgehead atoms. The van der Waals surface area contributed by atoms with E-state index in [-0.39, 0.29) is 0 Å². The second-order valence-electron chi connectivity index (χ2n) is 7.26. The fourth-order valence-electron chi connectivity index (χ4n) is 3.63. The van der Waals surface area contributed by atoms with Gasteiger partial charge in [0.2, 0.25) is 0 Å². The standard InChI is InChI=1S/C24H24N4O2/c1-29-22-15-19(11-12-21(22)30-17-18-8-4-2-5-9-18)14-20(16-25)24-27-26-23-10-6-3-7-13-28(23)24/h2,4-5,8-9,11-12,14-15H,3,6-7,10,13,17H2,1H3/b20-14+. The third-order valence-corrected chi connectivity index (χ3v) is 5.21. The largest absolute Gasteiger partial charge is 0.493 e. The van der Waals surface area contributed by atoms with Gasteiger partial charge in [-0.3, -0.25) is 0 Å². The average Bonchev–Trinajstić information content (AvgIpc) is 3.04. The normalized spacial score (nSPS) is 13.8. The predicted octanol–water partition coefficient (Wildman–Crippen LogP) is 4.66. The van der Waals surface area contributed by atoms with E-state index in [4.69, 9.17) is 9.47 Å². The molecule has 0 atom stereocenters. The molecule has 6 heteroatoms. The molecule has 2 aromatic carbocycles. The molecule has 30 heavy (non-hydrogen) atoms. The minimum absolute atomic E-state index is 0.460. The van der Waals surface area contributed by atoms with Crippen molar-refractivity contribution < 1.29 is 9.47 Å². The van der Waals surface area contributed by atoms with Crippen LogP contribution in [0.5, 0.6) is 11.5 Å². The highest BCUT2D eigenvalue weighted by molar-refractivity contribution is 5.87. The minimum atomic E-state index is 0.460. The Morgan fingerprint density at radius 2 is 1.97 bits per heavy atom. The molecule has 2 heterocycles. The van der Waals surface area contributed by atoms with Crippen molar-refractivity contribution in [3.8, 4) is 17.6 Å². The van der Waals surface area contributed by atoms with Crippen molar-refractivity contribution in [3.63, 3.8) is 0 Å². The number of nitriles is 1. The molecule has 0 saturated carbocycles. The van der Waals surface area contributed by atoms with Crippen LogP contribution in [-0.4, -0.2) is 21.9 Å². The lowest BCUT2D eigenvalue weighted by Gasteiger charge is -2.12. The topological polar surface area (TPSA) is 73.0 Å². The monoisotopic (exact) mass is 400 g/mol. The number of ether oxygens (including phenoxy) is 2. The highest BCUT2D eigenvalue weighted by Gasteiger charge is 2.18. The summed E-state index contributed by atoms with van der Waals surface area (Å²) < 4.78 is 13.5. The Bertz CT molecular complexity index is 1080. The average molecular weight is 400 g/mol. The van der Waals surface area contributed by atoms with Gasteiger partial charge >= 0.3 is 0 Å². The van der Waals surface area contributed by atoms with E-state index in [1.54, 1.807) is 7.11 Å². The lowest BCUT2D eigenvalue weighted by molar-refractivity contribution is 0.284. The zero-order chi connectivity index (χ0) is 20.8. The number of aryl methyl sites for hydroxylation is 1. The fraction of sp³-hybridized carbons (Fsp3) is 0.292. The van der Waals surface area contributed by atoms with Crippen LogP contribution in [0.1, 0.15) is 42.0 Å².